The van der Waals surface area contributed by atoms with E-state index in [1.54, 1.807) is 6.20 Å². The first kappa shape index (κ1) is 12.2. The fraction of sp³-hybridized carbons (Fsp3) is 0.200. The number of aromatic nitrogens is 2. The molecule has 0 amide bonds. The van der Waals surface area contributed by atoms with Crippen LogP contribution >= 0.6 is 11.3 Å². The molecule has 0 spiro atoms. The average Bonchev–Trinajstić information content (AvgIpc) is 2.81. The summed E-state index contributed by atoms with van der Waals surface area (Å²) in [5, 5.41) is 16.5. The van der Waals surface area contributed by atoms with E-state index in [1.165, 1.54) is 23.5 Å². The minimum Gasteiger partial charge on any atom is -0.383 e. The zero-order valence-electron chi connectivity index (χ0n) is 9.53. The second-order valence-electron chi connectivity index (χ2n) is 3.63. The molecule has 0 fully saturated rings. The first-order valence-electron chi connectivity index (χ1n) is 5.14. The van der Waals surface area contributed by atoms with Crippen molar-refractivity contribution in [2.45, 2.75) is 13.0 Å². The van der Waals surface area contributed by atoms with Crippen molar-refractivity contribution in [3.8, 4) is 0 Å². The highest BCUT2D eigenvalue weighted by Crippen LogP contribution is 2.23. The molecule has 18 heavy (non-hydrogen) atoms. The molecule has 2 aromatic rings. The number of thiazole rings is 1. The second kappa shape index (κ2) is 4.96. The molecule has 94 valence electrons. The summed E-state index contributed by atoms with van der Waals surface area (Å²) in [5.41, 5.74) is 5.44. The summed E-state index contributed by atoms with van der Waals surface area (Å²) < 4.78 is 0. The summed E-state index contributed by atoms with van der Waals surface area (Å²) in [6, 6.07) is 2.48. The third kappa shape index (κ3) is 2.72. The second-order valence-corrected chi connectivity index (χ2v) is 4.56. The summed E-state index contributed by atoms with van der Waals surface area (Å²) in [7, 11) is 0. The average molecular weight is 265 g/mol. The number of nitrogens with zero attached hydrogens (tertiary/aromatic N) is 3. The lowest BCUT2D eigenvalue weighted by atomic mass is 10.3. The SMILES string of the molecule is CC(Nc1cc([N+](=O)[O-])cc(N)n1)c1nccs1. The van der Waals surface area contributed by atoms with Crippen LogP contribution in [0.15, 0.2) is 23.7 Å². The highest BCUT2D eigenvalue weighted by molar-refractivity contribution is 7.09. The lowest BCUT2D eigenvalue weighted by Crippen LogP contribution is -2.08. The maximum atomic E-state index is 10.7. The van der Waals surface area contributed by atoms with Crippen LogP contribution in [0.5, 0.6) is 0 Å². The van der Waals surface area contributed by atoms with Gasteiger partial charge in [-0.25, -0.2) is 9.97 Å². The van der Waals surface area contributed by atoms with Crippen LogP contribution < -0.4 is 11.1 Å². The van der Waals surface area contributed by atoms with Crippen molar-refractivity contribution in [2.24, 2.45) is 0 Å². The van der Waals surface area contributed by atoms with E-state index in [9.17, 15) is 10.1 Å². The predicted octanol–water partition coefficient (Wildman–Crippen LogP) is 2.20. The van der Waals surface area contributed by atoms with Crippen LogP contribution in [-0.4, -0.2) is 14.9 Å². The van der Waals surface area contributed by atoms with Gasteiger partial charge in [-0.1, -0.05) is 0 Å². The Kier molecular flexibility index (Phi) is 3.38. The van der Waals surface area contributed by atoms with E-state index in [1.807, 2.05) is 12.3 Å². The molecular formula is C10H11N5O2S. The fourth-order valence-corrected chi connectivity index (χ4v) is 2.09. The summed E-state index contributed by atoms with van der Waals surface area (Å²) in [5.74, 6) is 0.474. The van der Waals surface area contributed by atoms with Gasteiger partial charge < -0.3 is 11.1 Å². The maximum Gasteiger partial charge on any atom is 0.276 e. The first-order chi connectivity index (χ1) is 8.56. The van der Waals surface area contributed by atoms with E-state index in [-0.39, 0.29) is 17.5 Å². The van der Waals surface area contributed by atoms with Gasteiger partial charge in [0.1, 0.15) is 16.6 Å². The number of hydrogen-bond donors (Lipinski definition) is 2. The highest BCUT2D eigenvalue weighted by atomic mass is 32.1. The number of nitrogens with one attached hydrogen (secondary N) is 1. The van der Waals surface area contributed by atoms with Gasteiger partial charge in [-0.05, 0) is 6.92 Å². The van der Waals surface area contributed by atoms with Gasteiger partial charge in [0.2, 0.25) is 0 Å². The molecule has 0 saturated heterocycles. The quantitative estimate of drug-likeness (QED) is 0.648. The van der Waals surface area contributed by atoms with Gasteiger partial charge >= 0.3 is 0 Å². The standard InChI is InChI=1S/C10H11N5O2S/c1-6(10-12-2-3-18-10)13-9-5-7(15(16)17)4-8(11)14-9/h2-6H,1H3,(H3,11,13,14). The maximum absolute atomic E-state index is 10.7. The normalized spacial score (nSPS) is 12.1. The molecule has 1 unspecified atom stereocenters. The Morgan fingerprint density at radius 3 is 2.94 bits per heavy atom. The third-order valence-corrected chi connectivity index (χ3v) is 3.19. The molecule has 8 heteroatoms. The molecule has 0 aliphatic carbocycles. The number of hydrogen-bond acceptors (Lipinski definition) is 7. The lowest BCUT2D eigenvalue weighted by Gasteiger charge is -2.11. The van der Waals surface area contributed by atoms with Crippen LogP contribution in [0.4, 0.5) is 17.3 Å². The van der Waals surface area contributed by atoms with Gasteiger partial charge in [-0.3, -0.25) is 10.1 Å². The minimum atomic E-state index is -0.503. The van der Waals surface area contributed by atoms with Crippen LogP contribution in [0, 0.1) is 10.1 Å². The van der Waals surface area contributed by atoms with Gasteiger partial charge in [0.05, 0.1) is 23.1 Å². The lowest BCUT2D eigenvalue weighted by molar-refractivity contribution is -0.384. The third-order valence-electron chi connectivity index (χ3n) is 2.23. The van der Waals surface area contributed by atoms with Crippen molar-refractivity contribution in [1.29, 1.82) is 0 Å². The first-order valence-corrected chi connectivity index (χ1v) is 6.02. The van der Waals surface area contributed by atoms with Crippen LogP contribution in [-0.2, 0) is 0 Å². The van der Waals surface area contributed by atoms with Crippen molar-refractivity contribution in [1.82, 2.24) is 9.97 Å². The zero-order chi connectivity index (χ0) is 13.1. The smallest absolute Gasteiger partial charge is 0.276 e. The number of pyridine rings is 1. The van der Waals surface area contributed by atoms with Gasteiger partial charge in [-0.15, -0.1) is 11.3 Å². The molecule has 0 saturated carbocycles. The Labute approximate surface area is 107 Å². The van der Waals surface area contributed by atoms with E-state index < -0.39 is 4.92 Å². The zero-order valence-corrected chi connectivity index (χ0v) is 10.3. The van der Waals surface area contributed by atoms with Gasteiger partial charge in [0, 0.05) is 11.6 Å². The Morgan fingerprint density at radius 2 is 2.33 bits per heavy atom. The summed E-state index contributed by atoms with van der Waals surface area (Å²) in [6.45, 7) is 1.90. The van der Waals surface area contributed by atoms with Crippen LogP contribution in [0.25, 0.3) is 0 Å². The molecule has 3 N–H and O–H groups in total. The summed E-state index contributed by atoms with van der Waals surface area (Å²) in [6.07, 6.45) is 1.70. The highest BCUT2D eigenvalue weighted by Gasteiger charge is 2.13. The fourth-order valence-electron chi connectivity index (χ4n) is 1.45. The molecule has 0 aliphatic heterocycles. The molecule has 0 aliphatic rings. The molecule has 2 aromatic heterocycles. The van der Waals surface area contributed by atoms with Crippen molar-refractivity contribution in [3.05, 3.63) is 38.8 Å². The Bertz CT molecular complexity index is 557. The Balaban J connectivity index is 2.21. The molecule has 1 atom stereocenters. The van der Waals surface area contributed by atoms with Crippen molar-refractivity contribution in [3.63, 3.8) is 0 Å². The number of rotatable bonds is 4. The van der Waals surface area contributed by atoms with Gasteiger partial charge in [0.25, 0.3) is 5.69 Å². The molecule has 0 radical (unpaired) electrons. The monoisotopic (exact) mass is 265 g/mol. The van der Waals surface area contributed by atoms with E-state index in [4.69, 9.17) is 5.73 Å². The molecule has 7 nitrogen and oxygen atoms in total. The summed E-state index contributed by atoms with van der Waals surface area (Å²) >= 11 is 1.50. The number of anilines is 2. The van der Waals surface area contributed by atoms with Gasteiger partial charge in [0.15, 0.2) is 0 Å². The predicted molar refractivity (Wildman–Crippen MR) is 69.5 cm³/mol. The van der Waals surface area contributed by atoms with Crippen LogP contribution in [0.2, 0.25) is 0 Å². The topological polar surface area (TPSA) is 107 Å². The molecule has 0 bridgehead atoms. The number of nitrogens with two attached hydrogens (primary N) is 1. The minimum absolute atomic E-state index is 0.0843. The van der Waals surface area contributed by atoms with Crippen molar-refractivity contribution >= 4 is 28.7 Å². The van der Waals surface area contributed by atoms with E-state index >= 15 is 0 Å². The molecular weight excluding hydrogens is 254 g/mol. The summed E-state index contributed by atoms with van der Waals surface area (Å²) in [4.78, 5) is 18.4. The number of nitrogen functional groups attached to an aromatic ring is 1. The van der Waals surface area contributed by atoms with Crippen molar-refractivity contribution in [2.75, 3.05) is 11.1 Å². The number of nitro groups is 1. The largest absolute Gasteiger partial charge is 0.383 e. The van der Waals surface area contributed by atoms with E-state index in [0.29, 0.717) is 5.82 Å². The van der Waals surface area contributed by atoms with E-state index in [2.05, 4.69) is 15.3 Å². The Morgan fingerprint density at radius 1 is 1.56 bits per heavy atom. The van der Waals surface area contributed by atoms with Crippen LogP contribution in [0.1, 0.15) is 18.0 Å². The van der Waals surface area contributed by atoms with Crippen molar-refractivity contribution < 1.29 is 4.92 Å². The molecule has 0 aromatic carbocycles. The van der Waals surface area contributed by atoms with Crippen LogP contribution in [0.3, 0.4) is 0 Å². The van der Waals surface area contributed by atoms with E-state index in [0.717, 1.165) is 5.01 Å². The molecule has 2 rings (SSSR count). The van der Waals surface area contributed by atoms with Gasteiger partial charge in [-0.2, -0.15) is 0 Å². The Hall–Kier alpha value is -2.22. The molecule has 2 heterocycles.